The van der Waals surface area contributed by atoms with Crippen LogP contribution in [0.15, 0.2) is 17.5 Å². The second-order valence-electron chi connectivity index (χ2n) is 6.44. The number of hydrogen-bond donors (Lipinski definition) is 1. The van der Waals surface area contributed by atoms with Crippen LogP contribution in [0.3, 0.4) is 0 Å². The Balaban J connectivity index is 1.72. The van der Waals surface area contributed by atoms with Crippen molar-refractivity contribution in [3.63, 3.8) is 0 Å². The van der Waals surface area contributed by atoms with E-state index in [0.29, 0.717) is 0 Å². The van der Waals surface area contributed by atoms with E-state index in [-0.39, 0.29) is 0 Å². The molecule has 114 valence electrons. The fraction of sp³-hybridized carbons (Fsp3) is 0.778. The molecule has 0 aliphatic heterocycles. The molecule has 1 N–H and O–H groups in total. The summed E-state index contributed by atoms with van der Waals surface area (Å²) >= 11 is 1.90. The van der Waals surface area contributed by atoms with Crippen molar-refractivity contribution in [3.05, 3.63) is 22.4 Å². The van der Waals surface area contributed by atoms with Gasteiger partial charge in [-0.2, -0.15) is 0 Å². The molecule has 1 saturated carbocycles. The quantitative estimate of drug-likeness (QED) is 0.689. The Kier molecular flexibility index (Phi) is 7.09. The van der Waals surface area contributed by atoms with Crippen LogP contribution in [-0.4, -0.2) is 13.1 Å². The van der Waals surface area contributed by atoms with Gasteiger partial charge in [-0.15, -0.1) is 11.3 Å². The van der Waals surface area contributed by atoms with Crippen LogP contribution in [0, 0.1) is 11.8 Å². The highest BCUT2D eigenvalue weighted by molar-refractivity contribution is 7.09. The van der Waals surface area contributed by atoms with Crippen LogP contribution in [0.2, 0.25) is 0 Å². The molecule has 1 aliphatic rings. The molecule has 20 heavy (non-hydrogen) atoms. The SMILES string of the molecule is CCCCC1CCC(C(CCc2cccs2)NC)CC1. The molecule has 0 aromatic carbocycles. The molecule has 1 atom stereocenters. The zero-order valence-corrected chi connectivity index (χ0v) is 14.1. The predicted molar refractivity (Wildman–Crippen MR) is 90.5 cm³/mol. The minimum absolute atomic E-state index is 0.726. The molecule has 0 bridgehead atoms. The van der Waals surface area contributed by atoms with Crippen molar-refractivity contribution in [1.29, 1.82) is 0 Å². The van der Waals surface area contributed by atoms with Gasteiger partial charge in [0.1, 0.15) is 0 Å². The van der Waals surface area contributed by atoms with Crippen LogP contribution < -0.4 is 5.32 Å². The number of nitrogens with one attached hydrogen (secondary N) is 1. The molecule has 0 saturated heterocycles. The van der Waals surface area contributed by atoms with Crippen molar-refractivity contribution in [1.82, 2.24) is 5.32 Å². The highest BCUT2D eigenvalue weighted by Crippen LogP contribution is 2.34. The van der Waals surface area contributed by atoms with Crippen molar-refractivity contribution < 1.29 is 0 Å². The Labute approximate surface area is 129 Å². The molecule has 2 rings (SSSR count). The average molecular weight is 294 g/mol. The maximum absolute atomic E-state index is 3.60. The number of hydrogen-bond acceptors (Lipinski definition) is 2. The zero-order chi connectivity index (χ0) is 14.2. The lowest BCUT2D eigenvalue weighted by Crippen LogP contribution is -2.36. The molecule has 0 radical (unpaired) electrons. The van der Waals surface area contributed by atoms with Crippen molar-refractivity contribution in [3.8, 4) is 0 Å². The van der Waals surface area contributed by atoms with Gasteiger partial charge in [-0.25, -0.2) is 0 Å². The molecule has 1 nitrogen and oxygen atoms in total. The van der Waals surface area contributed by atoms with Gasteiger partial charge < -0.3 is 5.32 Å². The fourth-order valence-electron chi connectivity index (χ4n) is 3.74. The largest absolute Gasteiger partial charge is 0.317 e. The van der Waals surface area contributed by atoms with Crippen LogP contribution in [0.1, 0.15) is 63.2 Å². The van der Waals surface area contributed by atoms with Crippen molar-refractivity contribution in [2.24, 2.45) is 11.8 Å². The maximum Gasteiger partial charge on any atom is 0.00957 e. The van der Waals surface area contributed by atoms with Gasteiger partial charge in [-0.3, -0.25) is 0 Å². The summed E-state index contributed by atoms with van der Waals surface area (Å²) in [5.41, 5.74) is 0. The monoisotopic (exact) mass is 293 g/mol. The average Bonchev–Trinajstić information content (AvgIpc) is 3.00. The van der Waals surface area contributed by atoms with Crippen LogP contribution in [0.25, 0.3) is 0 Å². The minimum atomic E-state index is 0.726. The van der Waals surface area contributed by atoms with E-state index in [4.69, 9.17) is 0 Å². The molecule has 1 aromatic heterocycles. The van der Waals surface area contributed by atoms with E-state index in [9.17, 15) is 0 Å². The lowest BCUT2D eigenvalue weighted by molar-refractivity contribution is 0.211. The normalized spacial score (nSPS) is 24.7. The number of rotatable bonds is 8. The first-order valence-corrected chi connectivity index (χ1v) is 9.41. The highest BCUT2D eigenvalue weighted by Gasteiger charge is 2.26. The van der Waals surface area contributed by atoms with E-state index in [0.717, 1.165) is 17.9 Å². The van der Waals surface area contributed by atoms with Crippen LogP contribution >= 0.6 is 11.3 Å². The zero-order valence-electron chi connectivity index (χ0n) is 13.2. The Hall–Kier alpha value is -0.340. The minimum Gasteiger partial charge on any atom is -0.317 e. The van der Waals surface area contributed by atoms with Gasteiger partial charge in [0.2, 0.25) is 0 Å². The van der Waals surface area contributed by atoms with Gasteiger partial charge in [0.25, 0.3) is 0 Å². The van der Waals surface area contributed by atoms with Crippen molar-refractivity contribution >= 4 is 11.3 Å². The first-order valence-electron chi connectivity index (χ1n) is 8.53. The molecule has 0 amide bonds. The lowest BCUT2D eigenvalue weighted by atomic mass is 9.76. The number of unbranched alkanes of at least 4 members (excludes halogenated alkanes) is 1. The summed E-state index contributed by atoms with van der Waals surface area (Å²) in [5, 5.41) is 5.79. The van der Waals surface area contributed by atoms with Crippen LogP contribution in [0.4, 0.5) is 0 Å². The molecule has 1 unspecified atom stereocenters. The van der Waals surface area contributed by atoms with Crippen LogP contribution in [0.5, 0.6) is 0 Å². The topological polar surface area (TPSA) is 12.0 Å². The summed E-state index contributed by atoms with van der Waals surface area (Å²) in [6, 6.07) is 5.18. The number of thiophene rings is 1. The Morgan fingerprint density at radius 2 is 2.10 bits per heavy atom. The van der Waals surface area contributed by atoms with Crippen molar-refractivity contribution in [2.45, 2.75) is 70.8 Å². The predicted octanol–water partition coefficient (Wildman–Crippen LogP) is 5.27. The van der Waals surface area contributed by atoms with Gasteiger partial charge in [0.05, 0.1) is 0 Å². The summed E-state index contributed by atoms with van der Waals surface area (Å²) in [6.07, 6.45) is 12.7. The summed E-state index contributed by atoms with van der Waals surface area (Å²) in [6.45, 7) is 2.31. The summed E-state index contributed by atoms with van der Waals surface area (Å²) < 4.78 is 0. The van der Waals surface area contributed by atoms with E-state index in [1.807, 2.05) is 11.3 Å². The molecule has 1 heterocycles. The molecule has 2 heteroatoms. The van der Waals surface area contributed by atoms with Gasteiger partial charge in [0.15, 0.2) is 0 Å². The first-order chi connectivity index (χ1) is 9.83. The van der Waals surface area contributed by atoms with E-state index in [2.05, 4.69) is 36.8 Å². The van der Waals surface area contributed by atoms with E-state index in [1.165, 1.54) is 57.8 Å². The molecular formula is C18H31NS. The third-order valence-electron chi connectivity index (χ3n) is 5.08. The smallest absolute Gasteiger partial charge is 0.00957 e. The summed E-state index contributed by atoms with van der Waals surface area (Å²) in [4.78, 5) is 1.54. The van der Waals surface area contributed by atoms with Gasteiger partial charge >= 0.3 is 0 Å². The van der Waals surface area contributed by atoms with Crippen LogP contribution in [-0.2, 0) is 6.42 Å². The number of aryl methyl sites for hydroxylation is 1. The third kappa shape index (κ3) is 4.89. The molecule has 0 spiro atoms. The van der Waals surface area contributed by atoms with E-state index in [1.54, 1.807) is 4.88 Å². The second kappa shape index (κ2) is 8.84. The van der Waals surface area contributed by atoms with E-state index < -0.39 is 0 Å². The van der Waals surface area contributed by atoms with Gasteiger partial charge in [-0.1, -0.05) is 45.1 Å². The Morgan fingerprint density at radius 1 is 1.30 bits per heavy atom. The molecule has 1 aromatic rings. The highest BCUT2D eigenvalue weighted by atomic mass is 32.1. The third-order valence-corrected chi connectivity index (χ3v) is 6.02. The first kappa shape index (κ1) is 16.0. The fourth-order valence-corrected chi connectivity index (χ4v) is 4.47. The standard InChI is InChI=1S/C18H31NS/c1-3-4-6-15-8-10-16(11-9-15)18(19-2)13-12-17-7-5-14-20-17/h5,7,14-16,18-19H,3-4,6,8-13H2,1-2H3. The molecule has 1 fully saturated rings. The molecule has 1 aliphatic carbocycles. The molecular weight excluding hydrogens is 262 g/mol. The lowest BCUT2D eigenvalue weighted by Gasteiger charge is -2.34. The van der Waals surface area contributed by atoms with Crippen molar-refractivity contribution in [2.75, 3.05) is 7.05 Å². The second-order valence-corrected chi connectivity index (χ2v) is 7.47. The Bertz CT molecular complexity index is 338. The summed E-state index contributed by atoms with van der Waals surface area (Å²) in [5.74, 6) is 1.94. The van der Waals surface area contributed by atoms with Gasteiger partial charge in [0, 0.05) is 10.9 Å². The Morgan fingerprint density at radius 3 is 2.70 bits per heavy atom. The maximum atomic E-state index is 3.60. The van der Waals surface area contributed by atoms with Gasteiger partial charge in [-0.05, 0) is 56.0 Å². The summed E-state index contributed by atoms with van der Waals surface area (Å²) in [7, 11) is 2.16. The van der Waals surface area contributed by atoms with E-state index >= 15 is 0 Å².